The first-order chi connectivity index (χ1) is 9.79. The van der Waals surface area contributed by atoms with Gasteiger partial charge in [0.05, 0.1) is 18.9 Å². The Bertz CT molecular complexity index is 530. The number of hydrogen-bond donors (Lipinski definition) is 0. The summed E-state index contributed by atoms with van der Waals surface area (Å²) in [5, 5.41) is 4.37. The van der Waals surface area contributed by atoms with E-state index in [1.165, 1.54) is 5.56 Å². The van der Waals surface area contributed by atoms with Crippen LogP contribution in [0.4, 0.5) is 0 Å². The summed E-state index contributed by atoms with van der Waals surface area (Å²) in [6.07, 6.45) is 6.34. The molecule has 4 nitrogen and oxygen atoms in total. The highest BCUT2D eigenvalue weighted by atomic mass is 16.5. The van der Waals surface area contributed by atoms with Crippen LogP contribution in [0.1, 0.15) is 18.4 Å². The number of piperidine rings is 1. The van der Waals surface area contributed by atoms with Crippen molar-refractivity contribution in [3.05, 3.63) is 48.3 Å². The van der Waals surface area contributed by atoms with Crippen molar-refractivity contribution in [2.24, 2.45) is 0 Å². The van der Waals surface area contributed by atoms with E-state index in [0.29, 0.717) is 6.10 Å². The van der Waals surface area contributed by atoms with E-state index in [-0.39, 0.29) is 0 Å². The number of hydrogen-bond acceptors (Lipinski definition) is 3. The first-order valence-corrected chi connectivity index (χ1v) is 7.21. The molecule has 0 atom stereocenters. The van der Waals surface area contributed by atoms with E-state index in [0.717, 1.165) is 38.2 Å². The lowest BCUT2D eigenvalue weighted by atomic mass is 10.1. The normalized spacial score (nSPS) is 17.2. The van der Waals surface area contributed by atoms with E-state index in [2.05, 4.69) is 41.3 Å². The highest BCUT2D eigenvalue weighted by Gasteiger charge is 2.18. The number of ether oxygens (including phenoxy) is 1. The molecule has 2 heterocycles. The molecule has 0 spiro atoms. The molecule has 3 rings (SSSR count). The monoisotopic (exact) mass is 271 g/mol. The molecule has 0 N–H and O–H groups in total. The fourth-order valence-electron chi connectivity index (χ4n) is 2.56. The van der Waals surface area contributed by atoms with Crippen molar-refractivity contribution in [2.75, 3.05) is 20.1 Å². The number of rotatable bonds is 4. The van der Waals surface area contributed by atoms with Gasteiger partial charge in [0.1, 0.15) is 6.10 Å². The van der Waals surface area contributed by atoms with Crippen molar-refractivity contribution >= 4 is 0 Å². The molecule has 1 aliphatic rings. The van der Waals surface area contributed by atoms with Gasteiger partial charge in [-0.3, -0.25) is 4.68 Å². The second-order valence-corrected chi connectivity index (χ2v) is 5.48. The van der Waals surface area contributed by atoms with Crippen LogP contribution in [0.25, 0.3) is 0 Å². The van der Waals surface area contributed by atoms with Crippen molar-refractivity contribution in [3.8, 4) is 5.75 Å². The molecule has 1 aromatic heterocycles. The minimum atomic E-state index is 0.334. The predicted octanol–water partition coefficient (Wildman–Crippen LogP) is 2.40. The van der Waals surface area contributed by atoms with Crippen LogP contribution in [0, 0.1) is 0 Å². The molecule has 1 aliphatic heterocycles. The Morgan fingerprint density at radius 1 is 1.20 bits per heavy atom. The van der Waals surface area contributed by atoms with Crippen LogP contribution in [0.5, 0.6) is 5.75 Å². The summed E-state index contributed by atoms with van der Waals surface area (Å²) in [4.78, 5) is 2.35. The summed E-state index contributed by atoms with van der Waals surface area (Å²) in [5.41, 5.74) is 1.25. The van der Waals surface area contributed by atoms with E-state index >= 15 is 0 Å². The molecule has 0 amide bonds. The molecule has 0 radical (unpaired) electrons. The molecule has 1 saturated heterocycles. The van der Waals surface area contributed by atoms with Gasteiger partial charge in [-0.15, -0.1) is 0 Å². The Hall–Kier alpha value is -1.81. The van der Waals surface area contributed by atoms with Gasteiger partial charge in [-0.2, -0.15) is 5.10 Å². The van der Waals surface area contributed by atoms with Crippen LogP contribution in [-0.2, 0) is 6.54 Å². The van der Waals surface area contributed by atoms with Gasteiger partial charge in [-0.1, -0.05) is 30.3 Å². The highest BCUT2D eigenvalue weighted by Crippen LogP contribution is 2.18. The third kappa shape index (κ3) is 3.39. The molecule has 0 bridgehead atoms. The number of nitrogens with zero attached hydrogens (tertiary/aromatic N) is 3. The van der Waals surface area contributed by atoms with Gasteiger partial charge in [0, 0.05) is 13.1 Å². The third-order valence-electron chi connectivity index (χ3n) is 3.77. The lowest BCUT2D eigenvalue weighted by Gasteiger charge is -2.28. The van der Waals surface area contributed by atoms with Gasteiger partial charge >= 0.3 is 0 Å². The summed E-state index contributed by atoms with van der Waals surface area (Å²) in [6.45, 7) is 3.02. The Balaban J connectivity index is 1.57. The van der Waals surface area contributed by atoms with Gasteiger partial charge < -0.3 is 9.64 Å². The zero-order valence-electron chi connectivity index (χ0n) is 11.9. The predicted molar refractivity (Wildman–Crippen MR) is 78.9 cm³/mol. The topological polar surface area (TPSA) is 30.3 Å². The number of benzene rings is 1. The van der Waals surface area contributed by atoms with Crippen LogP contribution >= 0.6 is 0 Å². The zero-order chi connectivity index (χ0) is 13.8. The van der Waals surface area contributed by atoms with Gasteiger partial charge in [0.15, 0.2) is 5.75 Å². The van der Waals surface area contributed by atoms with E-state index in [1.54, 1.807) is 0 Å². The maximum atomic E-state index is 6.01. The molecule has 4 heteroatoms. The van der Waals surface area contributed by atoms with Gasteiger partial charge in [0.2, 0.25) is 0 Å². The fourth-order valence-corrected chi connectivity index (χ4v) is 2.56. The summed E-state index contributed by atoms with van der Waals surface area (Å²) in [6, 6.07) is 10.4. The van der Waals surface area contributed by atoms with Crippen LogP contribution in [-0.4, -0.2) is 40.9 Å². The smallest absolute Gasteiger partial charge is 0.157 e. The minimum absolute atomic E-state index is 0.334. The average Bonchev–Trinajstić information content (AvgIpc) is 2.90. The first-order valence-electron chi connectivity index (χ1n) is 7.21. The molecule has 106 valence electrons. The number of aromatic nitrogens is 2. The molecule has 0 unspecified atom stereocenters. The van der Waals surface area contributed by atoms with Crippen LogP contribution in [0.3, 0.4) is 0 Å². The van der Waals surface area contributed by atoms with Crippen LogP contribution in [0.15, 0.2) is 42.7 Å². The standard InChI is InChI=1S/C16H21N3O/c1-18-9-7-15(8-10-18)20-16-11-17-19(13-16)12-14-5-3-2-4-6-14/h2-6,11,13,15H,7-10,12H2,1H3. The van der Waals surface area contributed by atoms with E-state index in [9.17, 15) is 0 Å². The van der Waals surface area contributed by atoms with Gasteiger partial charge in [0.25, 0.3) is 0 Å². The van der Waals surface area contributed by atoms with E-state index in [1.807, 2.05) is 23.1 Å². The molecule has 2 aromatic rings. The van der Waals surface area contributed by atoms with Crippen LogP contribution < -0.4 is 4.74 Å². The van der Waals surface area contributed by atoms with Gasteiger partial charge in [-0.25, -0.2) is 0 Å². The molecule has 0 saturated carbocycles. The molecular weight excluding hydrogens is 250 g/mol. The molecule has 1 aromatic carbocycles. The van der Waals surface area contributed by atoms with E-state index < -0.39 is 0 Å². The Labute approximate surface area is 120 Å². The van der Waals surface area contributed by atoms with Crippen LogP contribution in [0.2, 0.25) is 0 Å². The average molecular weight is 271 g/mol. The largest absolute Gasteiger partial charge is 0.487 e. The fraction of sp³-hybridized carbons (Fsp3) is 0.438. The Morgan fingerprint density at radius 3 is 2.70 bits per heavy atom. The maximum Gasteiger partial charge on any atom is 0.157 e. The highest BCUT2D eigenvalue weighted by molar-refractivity contribution is 5.17. The Morgan fingerprint density at radius 2 is 1.95 bits per heavy atom. The quantitative estimate of drug-likeness (QED) is 0.855. The third-order valence-corrected chi connectivity index (χ3v) is 3.77. The second kappa shape index (κ2) is 6.09. The summed E-state index contributed by atoms with van der Waals surface area (Å²) < 4.78 is 7.94. The molecule has 20 heavy (non-hydrogen) atoms. The Kier molecular flexibility index (Phi) is 4.02. The molecular formula is C16H21N3O. The van der Waals surface area contributed by atoms with Crippen molar-refractivity contribution in [2.45, 2.75) is 25.5 Å². The summed E-state index contributed by atoms with van der Waals surface area (Å²) in [5.74, 6) is 0.885. The van der Waals surface area contributed by atoms with Crippen molar-refractivity contribution in [1.82, 2.24) is 14.7 Å². The summed E-state index contributed by atoms with van der Waals surface area (Å²) >= 11 is 0. The molecule has 0 aliphatic carbocycles. The van der Waals surface area contributed by atoms with E-state index in [4.69, 9.17) is 4.74 Å². The second-order valence-electron chi connectivity index (χ2n) is 5.48. The summed E-state index contributed by atoms with van der Waals surface area (Å²) in [7, 11) is 2.16. The van der Waals surface area contributed by atoms with Gasteiger partial charge in [-0.05, 0) is 25.5 Å². The molecule has 1 fully saturated rings. The number of likely N-dealkylation sites (tertiary alicyclic amines) is 1. The maximum absolute atomic E-state index is 6.01. The lowest BCUT2D eigenvalue weighted by Crippen LogP contribution is -2.35. The SMILES string of the molecule is CN1CCC(Oc2cnn(Cc3ccccc3)c2)CC1. The minimum Gasteiger partial charge on any atom is -0.487 e. The first kappa shape index (κ1) is 13.2. The zero-order valence-corrected chi connectivity index (χ0v) is 11.9. The van der Waals surface area contributed by atoms with Crippen molar-refractivity contribution in [1.29, 1.82) is 0 Å². The van der Waals surface area contributed by atoms with Crippen molar-refractivity contribution in [3.63, 3.8) is 0 Å². The van der Waals surface area contributed by atoms with Crippen molar-refractivity contribution < 1.29 is 4.74 Å². The lowest BCUT2D eigenvalue weighted by molar-refractivity contribution is 0.114.